The lowest BCUT2D eigenvalue weighted by Crippen LogP contribution is -2.64. The predicted molar refractivity (Wildman–Crippen MR) is 357 cm³/mol. The van der Waals surface area contributed by atoms with Crippen LogP contribution in [0.1, 0.15) is 134 Å². The summed E-state index contributed by atoms with van der Waals surface area (Å²) in [6.45, 7) is 12.2. The molecule has 28 heteroatoms. The molecular weight excluding hydrogens is 1320 g/mol. The van der Waals surface area contributed by atoms with Gasteiger partial charge in [0.2, 0.25) is 17.6 Å². The predicted octanol–water partition coefficient (Wildman–Crippen LogP) is 7.81. The normalized spacial score (nSPS) is 29.5. The first-order chi connectivity index (χ1) is 47.0. The van der Waals surface area contributed by atoms with Crippen molar-refractivity contribution in [2.24, 2.45) is 35.5 Å². The summed E-state index contributed by atoms with van der Waals surface area (Å²) in [6.07, 6.45) is -1.71. The van der Waals surface area contributed by atoms with E-state index < -0.39 is 132 Å². The number of halogens is 4. The smallest absolute Gasteiger partial charge is 0.434 e. The van der Waals surface area contributed by atoms with E-state index in [9.17, 15) is 72.0 Å². The van der Waals surface area contributed by atoms with Crippen LogP contribution in [0.4, 0.5) is 24.5 Å². The van der Waals surface area contributed by atoms with Gasteiger partial charge in [-0.15, -0.1) is 0 Å². The van der Waals surface area contributed by atoms with E-state index in [0.717, 1.165) is 22.7 Å². The molecule has 5 amide bonds. The van der Waals surface area contributed by atoms with Crippen LogP contribution in [0.5, 0.6) is 5.75 Å². The Balaban J connectivity index is 0.929. The Morgan fingerprint density at radius 1 is 0.859 bits per heavy atom. The zero-order chi connectivity index (χ0) is 72.2. The van der Waals surface area contributed by atoms with E-state index >= 15 is 0 Å². The Morgan fingerprint density at radius 3 is 2.16 bits per heavy atom. The molecule has 2 aromatic carbocycles. The molecule has 24 nitrogen and oxygen atoms in total. The van der Waals surface area contributed by atoms with E-state index in [4.69, 9.17) is 35.3 Å². The van der Waals surface area contributed by atoms with E-state index in [1.165, 1.54) is 61.6 Å². The van der Waals surface area contributed by atoms with Gasteiger partial charge in [-0.25, -0.2) is 9.48 Å². The minimum atomic E-state index is -5.06. The number of aromatic nitrogens is 2. The number of allylic oxidation sites excluding steroid dienone is 3. The Morgan fingerprint density at radius 2 is 1.52 bits per heavy atom. The highest BCUT2D eigenvalue weighted by atomic mass is 35.5. The van der Waals surface area contributed by atoms with Crippen molar-refractivity contribution < 1.29 is 95.6 Å². The Bertz CT molecular complexity index is 3470. The first kappa shape index (κ1) is 77.4. The van der Waals surface area contributed by atoms with Gasteiger partial charge in [-0.2, -0.15) is 18.3 Å². The van der Waals surface area contributed by atoms with Crippen LogP contribution in [0.15, 0.2) is 84.6 Å². The summed E-state index contributed by atoms with van der Waals surface area (Å²) in [5.41, 5.74) is -0.776. The number of carbonyl (C=O) groups excluding carboxylic acids is 8. The number of amides is 5. The van der Waals surface area contributed by atoms with Crippen LogP contribution >= 0.6 is 11.6 Å². The molecule has 99 heavy (non-hydrogen) atoms. The number of piperazine rings is 1. The molecular formula is C71H93ClF3N7O17. The maximum Gasteiger partial charge on any atom is 0.434 e. The number of aliphatic hydroxyl groups excluding tert-OH is 3. The van der Waals surface area contributed by atoms with Crippen LogP contribution < -0.4 is 15.4 Å². The number of fused-ring (bicyclic) bond motifs is 3. The molecule has 14 atom stereocenters. The molecule has 3 aromatic rings. The number of alkyl halides is 3. The molecule has 542 valence electrons. The van der Waals surface area contributed by atoms with Crippen LogP contribution in [0, 0.1) is 35.5 Å². The van der Waals surface area contributed by atoms with Crippen molar-refractivity contribution in [3.63, 3.8) is 0 Å². The van der Waals surface area contributed by atoms with Gasteiger partial charge in [-0.05, 0) is 150 Å². The maximum atomic E-state index is 14.8. The number of carbonyl (C=O) groups is 8. The number of ether oxygens (including phenoxy) is 5. The molecule has 3 saturated heterocycles. The molecule has 4 fully saturated rings. The van der Waals surface area contributed by atoms with Crippen LogP contribution in [-0.2, 0) is 58.7 Å². The lowest BCUT2D eigenvalue weighted by atomic mass is 9.78. The number of nitrogens with one attached hydrogen (secondary N) is 2. The zero-order valence-electron chi connectivity index (χ0n) is 57.0. The maximum absolute atomic E-state index is 14.8. The van der Waals surface area contributed by atoms with Crippen molar-refractivity contribution in [1.82, 2.24) is 24.5 Å². The molecule has 0 unspecified atom stereocenters. The molecule has 1 aromatic heterocycles. The first-order valence-electron chi connectivity index (χ1n) is 33.8. The summed E-state index contributed by atoms with van der Waals surface area (Å²) in [5.74, 6) is -11.7. The lowest BCUT2D eigenvalue weighted by Gasteiger charge is -2.47. The van der Waals surface area contributed by atoms with Gasteiger partial charge in [-0.1, -0.05) is 56.7 Å². The molecule has 1 saturated carbocycles. The second-order valence-electron chi connectivity index (χ2n) is 27.0. The van der Waals surface area contributed by atoms with Crippen molar-refractivity contribution in [2.75, 3.05) is 70.8 Å². The van der Waals surface area contributed by atoms with Crippen LogP contribution in [0.25, 0.3) is 5.69 Å². The number of Topliss-reactive ketones (excluding diaryl/α,β-unsaturated/α-hetero) is 2. The highest BCUT2D eigenvalue weighted by Crippen LogP contribution is 2.41. The topological polar surface area (TPSA) is 315 Å². The number of aliphatic hydroxyl groups is 4. The molecule has 2 bridgehead atoms. The van der Waals surface area contributed by atoms with Crippen molar-refractivity contribution in [3.05, 3.63) is 101 Å². The number of hydrogen-bond acceptors (Lipinski definition) is 18. The van der Waals surface area contributed by atoms with Gasteiger partial charge < -0.3 is 69.4 Å². The van der Waals surface area contributed by atoms with E-state index in [1.54, 1.807) is 25.7 Å². The number of hydrogen-bond donors (Lipinski definition) is 6. The second kappa shape index (κ2) is 34.3. The van der Waals surface area contributed by atoms with E-state index in [1.807, 2.05) is 26.0 Å². The zero-order valence-corrected chi connectivity index (χ0v) is 57.8. The average Bonchev–Trinajstić information content (AvgIpc) is 1.33. The van der Waals surface area contributed by atoms with Crippen molar-refractivity contribution in [2.45, 2.75) is 173 Å². The van der Waals surface area contributed by atoms with Gasteiger partial charge in [-0.3, -0.25) is 33.6 Å². The number of ketones is 2. The summed E-state index contributed by atoms with van der Waals surface area (Å²) in [4.78, 5) is 115. The van der Waals surface area contributed by atoms with E-state index in [-0.39, 0.29) is 129 Å². The molecule has 6 N–H and O–H groups in total. The van der Waals surface area contributed by atoms with Crippen LogP contribution in [0.2, 0.25) is 5.02 Å². The third kappa shape index (κ3) is 19.4. The number of esters is 1. The Hall–Kier alpha value is -7.37. The van der Waals surface area contributed by atoms with Crippen molar-refractivity contribution in [3.8, 4) is 11.4 Å². The number of cyclic esters (lactones) is 1. The number of rotatable bonds is 17. The SMILES string of the molecule is C=CC(=O)Nc1cc(Cl)cc(NC(=O)c2cnn(-c3ccc(OCC(=O)N4CCN(C(=O)CCC[C@@H]5/C=C(\C)C[C@H](C)C[C@H](OC)[C@H]6O[C@@](O)(C(=O)C(=O)N7CCCC[C@H]7C(=O)O[C@H](/C(C)=C/[C@@H]7CC[C@@H](O)[C@H](CO)C7)[C@H](C)[C@@H](O)CC5=O)[C@H](C)C[C@@H]6OC)CC4)cc3)c2C(F)(F)F)c1. The highest BCUT2D eigenvalue weighted by molar-refractivity contribution is 6.39. The van der Waals surface area contributed by atoms with Crippen LogP contribution in [0.3, 0.4) is 0 Å². The molecule has 0 spiro atoms. The van der Waals surface area contributed by atoms with E-state index in [0.29, 0.717) is 55.2 Å². The monoisotopic (exact) mass is 1410 g/mol. The van der Waals surface area contributed by atoms with Gasteiger partial charge in [0.1, 0.15) is 29.8 Å². The highest BCUT2D eigenvalue weighted by Gasteiger charge is 2.57. The van der Waals surface area contributed by atoms with Crippen molar-refractivity contribution >= 4 is 70.0 Å². The third-order valence-corrected chi connectivity index (χ3v) is 20.0. The fraction of sp³-hybridized carbons (Fsp3) is 0.592. The minimum absolute atomic E-state index is 0.00139. The summed E-state index contributed by atoms with van der Waals surface area (Å²) >= 11 is 6.13. The summed E-state index contributed by atoms with van der Waals surface area (Å²) < 4.78 is 74.7. The number of methoxy groups -OCH3 is 2. The molecule has 1 aliphatic carbocycles. The standard InChI is InChI=1S/C71H93ClF3N7O17/c1-9-60(87)77-49-33-48(72)34-50(35-49)78-67(91)53-37-76-82(65(53)71(73,74)75)51-17-19-52(20-18-51)97-39-62(89)80-25-23-79(24-26-80)61(88)15-12-13-46-28-40(2)27-41(3)29-58(95-7)64-59(96-8)31-43(5)70(94,99-64)66(90)68(92)81-22-11-10-14-54(81)69(93)98-63(44(6)56(85)36-57(46)86)42(4)30-45-16-21-55(84)47(32-45)38-83/h9,17-20,28,30,33-35,37,41,43-47,54-56,58-59,63-64,83-85,94H,1,10-16,21-27,29,31-32,36,38-39H2,2-8H3,(H,77,87)(H,78,91)/b40-28+,42-30+/t41-,43+,44+,45-,46+,47-,54-,55+,56-,58-,59-,63+,64+,70+/m0/s1. The molecule has 0 radical (unpaired) electrons. The van der Waals surface area contributed by atoms with Gasteiger partial charge in [0.15, 0.2) is 12.3 Å². The van der Waals surface area contributed by atoms with Gasteiger partial charge in [0.25, 0.3) is 23.5 Å². The van der Waals surface area contributed by atoms with Crippen molar-refractivity contribution in [1.29, 1.82) is 0 Å². The average molecular weight is 1410 g/mol. The van der Waals surface area contributed by atoms with Gasteiger partial charge in [0.05, 0.1) is 41.9 Å². The fourth-order valence-electron chi connectivity index (χ4n) is 14.2. The first-order valence-corrected chi connectivity index (χ1v) is 34.2. The summed E-state index contributed by atoms with van der Waals surface area (Å²) in [6, 6.07) is 7.91. The lowest BCUT2D eigenvalue weighted by molar-refractivity contribution is -0.302. The van der Waals surface area contributed by atoms with Gasteiger partial charge in [0, 0.05) is 106 Å². The minimum Gasteiger partial charge on any atom is -0.484 e. The fourth-order valence-corrected chi connectivity index (χ4v) is 14.5. The third-order valence-electron chi connectivity index (χ3n) is 19.8. The Labute approximate surface area is 579 Å². The largest absolute Gasteiger partial charge is 0.484 e. The Kier molecular flexibility index (Phi) is 26.8. The number of nitrogens with zero attached hydrogens (tertiary/aromatic N) is 5. The quantitative estimate of drug-likeness (QED) is 0.0325. The second-order valence-corrected chi connectivity index (χ2v) is 27.5. The summed E-state index contributed by atoms with van der Waals surface area (Å²) in [5, 5.41) is 53.9. The summed E-state index contributed by atoms with van der Waals surface area (Å²) in [7, 11) is 2.95. The number of benzene rings is 2. The molecule has 8 rings (SSSR count). The molecule has 5 heterocycles. The van der Waals surface area contributed by atoms with Crippen LogP contribution in [-0.4, -0.2) is 201 Å². The van der Waals surface area contributed by atoms with Gasteiger partial charge >= 0.3 is 12.1 Å². The number of anilines is 2. The van der Waals surface area contributed by atoms with E-state index in [2.05, 4.69) is 22.3 Å². The molecule has 5 aliphatic rings. The number of piperidine rings is 1. The molecule has 4 aliphatic heterocycles.